The van der Waals surface area contributed by atoms with E-state index in [4.69, 9.17) is 9.47 Å². The number of aromatic nitrogens is 1. The summed E-state index contributed by atoms with van der Waals surface area (Å²) in [5, 5.41) is 13.7. The number of nitrogens with one attached hydrogen (secondary N) is 2. The summed E-state index contributed by atoms with van der Waals surface area (Å²) in [6.45, 7) is 5.54. The zero-order valence-corrected chi connectivity index (χ0v) is 23.3. The zero-order chi connectivity index (χ0) is 28.8. The predicted octanol–water partition coefficient (Wildman–Crippen LogP) is 3.45. The van der Waals surface area contributed by atoms with Crippen LogP contribution in [0.25, 0.3) is 10.9 Å². The topological polar surface area (TPSA) is 128 Å². The Morgan fingerprint density at radius 3 is 2.67 bits per heavy atom. The molecule has 2 aromatic carbocycles. The second-order valence-corrected chi connectivity index (χ2v) is 11.4. The number of methoxy groups -OCH3 is 1. The summed E-state index contributed by atoms with van der Waals surface area (Å²) in [7, 11) is 3.11. The lowest BCUT2D eigenvalue weighted by molar-refractivity contribution is -0.140. The fourth-order valence-corrected chi connectivity index (χ4v) is 5.61. The molecule has 10 heteroatoms. The van der Waals surface area contributed by atoms with Crippen LogP contribution in [0.2, 0.25) is 0 Å². The van der Waals surface area contributed by atoms with Crippen LogP contribution in [0, 0.1) is 11.3 Å². The number of likely N-dealkylation sites (N-methyl/N-ethyl adjacent to an activating group) is 1. The lowest BCUT2D eigenvalue weighted by atomic mass is 9.80. The first-order valence-corrected chi connectivity index (χ1v) is 13.2. The van der Waals surface area contributed by atoms with E-state index in [1.165, 1.54) is 9.80 Å². The molecule has 1 saturated heterocycles. The molecule has 1 spiro atoms. The number of carbonyl (C=O) groups excluding carboxylic acids is 3. The van der Waals surface area contributed by atoms with Crippen molar-refractivity contribution in [3.05, 3.63) is 59.8 Å². The highest BCUT2D eigenvalue weighted by Crippen LogP contribution is 2.46. The van der Waals surface area contributed by atoms with Gasteiger partial charge in [0.25, 0.3) is 5.91 Å². The monoisotopic (exact) mass is 543 g/mol. The van der Waals surface area contributed by atoms with Crippen LogP contribution in [0.15, 0.2) is 48.5 Å². The Balaban J connectivity index is 1.47. The summed E-state index contributed by atoms with van der Waals surface area (Å²) < 4.78 is 11.4. The SMILES string of the molecule is COc1cccc2[nH]c(C(=O)N(C)[C@@H](COC(C)(C)C)C(=O)N3C[C@]4(C[C@H]3C#N)C(=O)Nc3ccccc34)cc12. The fraction of sp³-hybridized carbons (Fsp3) is 0.400. The van der Waals surface area contributed by atoms with Gasteiger partial charge in [-0.2, -0.15) is 5.26 Å². The average molecular weight is 544 g/mol. The second kappa shape index (κ2) is 9.99. The van der Waals surface area contributed by atoms with Gasteiger partial charge in [-0.05, 0) is 50.6 Å². The third-order valence-electron chi connectivity index (χ3n) is 7.74. The minimum absolute atomic E-state index is 0.0323. The quantitative estimate of drug-likeness (QED) is 0.490. The zero-order valence-electron chi connectivity index (χ0n) is 23.3. The Labute approximate surface area is 232 Å². The van der Waals surface area contributed by atoms with Gasteiger partial charge in [0, 0.05) is 36.6 Å². The second-order valence-electron chi connectivity index (χ2n) is 11.4. The molecule has 0 aliphatic carbocycles. The Hall–Kier alpha value is -4.36. The lowest BCUT2D eigenvalue weighted by Crippen LogP contribution is -2.54. The Bertz CT molecular complexity index is 1530. The number of rotatable bonds is 6. The number of amides is 3. The normalized spacial score (nSPS) is 20.8. The van der Waals surface area contributed by atoms with Gasteiger partial charge >= 0.3 is 0 Å². The molecular weight excluding hydrogens is 510 g/mol. The molecule has 5 rings (SSSR count). The van der Waals surface area contributed by atoms with E-state index in [0.29, 0.717) is 11.4 Å². The van der Waals surface area contributed by atoms with Crippen molar-refractivity contribution < 1.29 is 23.9 Å². The molecule has 3 aromatic rings. The van der Waals surface area contributed by atoms with Crippen LogP contribution >= 0.6 is 0 Å². The van der Waals surface area contributed by atoms with Crippen molar-refractivity contribution in [2.45, 2.75) is 50.3 Å². The maximum Gasteiger partial charge on any atom is 0.270 e. The minimum Gasteiger partial charge on any atom is -0.496 e. The molecule has 2 N–H and O–H groups in total. The maximum atomic E-state index is 14.2. The van der Waals surface area contributed by atoms with E-state index in [-0.39, 0.29) is 31.2 Å². The van der Waals surface area contributed by atoms with E-state index in [0.717, 1.165) is 16.5 Å². The molecule has 2 aliphatic rings. The minimum atomic E-state index is -1.04. The van der Waals surface area contributed by atoms with Crippen molar-refractivity contribution in [1.29, 1.82) is 5.26 Å². The van der Waals surface area contributed by atoms with Crippen molar-refractivity contribution in [1.82, 2.24) is 14.8 Å². The molecular formula is C30H33N5O5. The smallest absolute Gasteiger partial charge is 0.270 e. The van der Waals surface area contributed by atoms with Crippen molar-refractivity contribution in [2.24, 2.45) is 0 Å². The lowest BCUT2D eigenvalue weighted by Gasteiger charge is -2.33. The number of aromatic amines is 1. The van der Waals surface area contributed by atoms with Gasteiger partial charge in [0.2, 0.25) is 11.8 Å². The van der Waals surface area contributed by atoms with Gasteiger partial charge in [-0.25, -0.2) is 0 Å². The molecule has 2 aliphatic heterocycles. The molecule has 0 saturated carbocycles. The van der Waals surface area contributed by atoms with E-state index in [9.17, 15) is 19.6 Å². The number of hydrogen-bond donors (Lipinski definition) is 2. The number of nitriles is 1. The molecule has 40 heavy (non-hydrogen) atoms. The van der Waals surface area contributed by atoms with E-state index in [1.54, 1.807) is 26.3 Å². The van der Waals surface area contributed by atoms with E-state index < -0.39 is 34.9 Å². The van der Waals surface area contributed by atoms with Crippen molar-refractivity contribution in [3.8, 4) is 11.8 Å². The largest absolute Gasteiger partial charge is 0.496 e. The van der Waals surface area contributed by atoms with Crippen LogP contribution in [0.3, 0.4) is 0 Å². The molecule has 0 bridgehead atoms. The molecule has 0 unspecified atom stereocenters. The highest BCUT2D eigenvalue weighted by atomic mass is 16.5. The summed E-state index contributed by atoms with van der Waals surface area (Å²) in [6.07, 6.45) is 0.171. The molecule has 10 nitrogen and oxygen atoms in total. The Morgan fingerprint density at radius 2 is 1.98 bits per heavy atom. The van der Waals surface area contributed by atoms with Crippen molar-refractivity contribution in [2.75, 3.05) is 32.6 Å². The molecule has 3 heterocycles. The van der Waals surface area contributed by atoms with E-state index >= 15 is 0 Å². The predicted molar refractivity (Wildman–Crippen MR) is 149 cm³/mol. The summed E-state index contributed by atoms with van der Waals surface area (Å²) in [4.78, 5) is 47.0. The van der Waals surface area contributed by atoms with Crippen LogP contribution in [-0.2, 0) is 19.7 Å². The van der Waals surface area contributed by atoms with Gasteiger partial charge in [-0.3, -0.25) is 14.4 Å². The average Bonchev–Trinajstić information content (AvgIpc) is 3.61. The summed E-state index contributed by atoms with van der Waals surface area (Å²) in [5.74, 6) is -0.480. The molecule has 0 radical (unpaired) electrons. The van der Waals surface area contributed by atoms with Crippen molar-refractivity contribution >= 4 is 34.3 Å². The van der Waals surface area contributed by atoms with E-state index in [2.05, 4.69) is 16.4 Å². The van der Waals surface area contributed by atoms with Crippen LogP contribution in [0.5, 0.6) is 5.75 Å². The highest BCUT2D eigenvalue weighted by Gasteiger charge is 2.56. The van der Waals surface area contributed by atoms with Crippen LogP contribution in [0.1, 0.15) is 43.2 Å². The molecule has 1 aromatic heterocycles. The van der Waals surface area contributed by atoms with Gasteiger partial charge in [-0.1, -0.05) is 24.3 Å². The molecule has 1 fully saturated rings. The molecule has 3 atom stereocenters. The number of H-pyrrole nitrogens is 1. The number of nitrogens with zero attached hydrogens (tertiary/aromatic N) is 3. The highest BCUT2D eigenvalue weighted by molar-refractivity contribution is 6.07. The van der Waals surface area contributed by atoms with Crippen molar-refractivity contribution in [3.63, 3.8) is 0 Å². The maximum absolute atomic E-state index is 14.2. The van der Waals surface area contributed by atoms with Gasteiger partial charge in [-0.15, -0.1) is 0 Å². The van der Waals surface area contributed by atoms with Gasteiger partial charge in [0.15, 0.2) is 0 Å². The third kappa shape index (κ3) is 4.56. The number of carbonyl (C=O) groups is 3. The molecule has 3 amide bonds. The van der Waals surface area contributed by atoms with Gasteiger partial charge < -0.3 is 29.6 Å². The number of likely N-dealkylation sites (tertiary alicyclic amines) is 1. The number of ether oxygens (including phenoxy) is 2. The summed E-state index contributed by atoms with van der Waals surface area (Å²) >= 11 is 0. The van der Waals surface area contributed by atoms with Gasteiger partial charge in [0.05, 0.1) is 30.8 Å². The third-order valence-corrected chi connectivity index (χ3v) is 7.74. The van der Waals surface area contributed by atoms with Crippen LogP contribution < -0.4 is 10.1 Å². The fourth-order valence-electron chi connectivity index (χ4n) is 5.61. The first-order valence-electron chi connectivity index (χ1n) is 13.2. The number of fused-ring (bicyclic) bond motifs is 3. The Kier molecular flexibility index (Phi) is 6.80. The number of benzene rings is 2. The van der Waals surface area contributed by atoms with Crippen LogP contribution in [0.4, 0.5) is 5.69 Å². The summed E-state index contributed by atoms with van der Waals surface area (Å²) in [5.41, 5.74) is 0.860. The van der Waals surface area contributed by atoms with Gasteiger partial charge in [0.1, 0.15) is 23.5 Å². The number of para-hydroxylation sites is 1. The number of anilines is 1. The molecule has 208 valence electrons. The first-order chi connectivity index (χ1) is 19.0. The first kappa shape index (κ1) is 27.2. The van der Waals surface area contributed by atoms with E-state index in [1.807, 2.05) is 57.2 Å². The number of hydrogen-bond acceptors (Lipinski definition) is 6. The standard InChI is InChI=1S/C30H33N5O5/c1-29(2,3)40-16-24(34(4)26(36)23-13-19-21(32-23)11-8-12-25(19)39-5)27(37)35-17-30(14-18(35)15-31)20-9-6-7-10-22(20)33-28(30)38/h6-13,18,24,32H,14,16-17H2,1-5H3,(H,33,38)/t18-,24-,30-/m0/s1. The van der Waals surface area contributed by atoms with Crippen LogP contribution in [-0.4, -0.2) is 77.5 Å². The Morgan fingerprint density at radius 1 is 1.23 bits per heavy atom. The summed E-state index contributed by atoms with van der Waals surface area (Å²) in [6, 6.07) is 14.8.